The van der Waals surface area contributed by atoms with Gasteiger partial charge in [-0.1, -0.05) is 48.5 Å². The Kier molecular flexibility index (Phi) is 7.06. The van der Waals surface area contributed by atoms with Gasteiger partial charge >= 0.3 is 0 Å². The summed E-state index contributed by atoms with van der Waals surface area (Å²) < 4.78 is 17.3. The number of fused-ring (bicyclic) bond motifs is 1. The van der Waals surface area contributed by atoms with Crippen LogP contribution in [0.2, 0.25) is 0 Å². The van der Waals surface area contributed by atoms with Crippen LogP contribution in [0.15, 0.2) is 76.6 Å². The van der Waals surface area contributed by atoms with Crippen molar-refractivity contribution >= 4 is 22.9 Å². The number of hydrazone groups is 1. The molecule has 4 aromatic rings. The van der Waals surface area contributed by atoms with Crippen molar-refractivity contribution in [1.82, 2.24) is 15.2 Å². The summed E-state index contributed by atoms with van der Waals surface area (Å²) in [5.41, 5.74) is 3.76. The molecule has 178 valence electrons. The highest BCUT2D eigenvalue weighted by molar-refractivity contribution is 6.05. The van der Waals surface area contributed by atoms with E-state index in [0.717, 1.165) is 5.56 Å². The van der Waals surface area contributed by atoms with Crippen LogP contribution in [-0.4, -0.2) is 43.2 Å². The van der Waals surface area contributed by atoms with Gasteiger partial charge in [-0.3, -0.25) is 9.59 Å². The highest BCUT2D eigenvalue weighted by atomic mass is 16.5. The molecule has 0 saturated carbocycles. The van der Waals surface area contributed by atoms with Gasteiger partial charge in [0, 0.05) is 17.0 Å². The molecule has 1 N–H and O–H groups in total. The van der Waals surface area contributed by atoms with Crippen molar-refractivity contribution in [3.8, 4) is 17.2 Å². The van der Waals surface area contributed by atoms with Crippen LogP contribution < -0.4 is 25.2 Å². The van der Waals surface area contributed by atoms with E-state index in [1.54, 1.807) is 36.4 Å². The fourth-order valence-corrected chi connectivity index (χ4v) is 3.63. The van der Waals surface area contributed by atoms with Crippen LogP contribution in [0.4, 0.5) is 0 Å². The Hall–Kier alpha value is -4.66. The van der Waals surface area contributed by atoms with Crippen LogP contribution in [0.3, 0.4) is 0 Å². The normalized spacial score (nSPS) is 10.9. The lowest BCUT2D eigenvalue weighted by molar-refractivity contribution is 0.0949. The molecule has 0 atom stereocenters. The summed E-state index contributed by atoms with van der Waals surface area (Å²) in [6.45, 7) is 0.233. The number of carbonyl (C=O) groups is 1. The standard InChI is InChI=1S/C26H24N4O5/c1-33-21-14-23(35-3)22(34-2)13-18(21)15-27-28-25(31)24-19-11-7-8-12-20(19)26(32)30(29-24)16-17-9-5-4-6-10-17/h4-15H,16H2,1-3H3,(H,28,31)/b27-15+. The number of nitrogens with zero attached hydrogens (tertiary/aromatic N) is 3. The highest BCUT2D eigenvalue weighted by Crippen LogP contribution is 2.33. The molecule has 0 unspecified atom stereocenters. The fourth-order valence-electron chi connectivity index (χ4n) is 3.63. The predicted octanol–water partition coefficient (Wildman–Crippen LogP) is 3.23. The monoisotopic (exact) mass is 472 g/mol. The minimum absolute atomic E-state index is 0.0903. The molecule has 0 saturated heterocycles. The number of hydrogen-bond acceptors (Lipinski definition) is 7. The number of nitrogens with one attached hydrogen (secondary N) is 1. The number of benzene rings is 3. The first-order valence-corrected chi connectivity index (χ1v) is 10.7. The number of methoxy groups -OCH3 is 3. The smallest absolute Gasteiger partial charge is 0.292 e. The maximum Gasteiger partial charge on any atom is 0.292 e. The van der Waals surface area contributed by atoms with Crippen molar-refractivity contribution in [2.45, 2.75) is 6.54 Å². The van der Waals surface area contributed by atoms with Crippen LogP contribution in [0, 0.1) is 0 Å². The molecule has 1 amide bonds. The minimum Gasteiger partial charge on any atom is -0.496 e. The molecule has 1 aromatic heterocycles. The van der Waals surface area contributed by atoms with Crippen LogP contribution in [0.25, 0.3) is 10.8 Å². The first-order chi connectivity index (χ1) is 17.0. The number of ether oxygens (including phenoxy) is 3. The maximum atomic E-state index is 13.1. The summed E-state index contributed by atoms with van der Waals surface area (Å²) in [5.74, 6) is 0.919. The van der Waals surface area contributed by atoms with Gasteiger partial charge in [-0.15, -0.1) is 0 Å². The molecule has 35 heavy (non-hydrogen) atoms. The van der Waals surface area contributed by atoms with Crippen molar-refractivity contribution in [3.63, 3.8) is 0 Å². The zero-order valence-corrected chi connectivity index (χ0v) is 19.5. The first-order valence-electron chi connectivity index (χ1n) is 10.7. The second-order valence-corrected chi connectivity index (χ2v) is 7.49. The third kappa shape index (κ3) is 4.98. The number of hydrogen-bond donors (Lipinski definition) is 1. The zero-order valence-electron chi connectivity index (χ0n) is 19.5. The molecule has 0 fully saturated rings. The molecular formula is C26H24N4O5. The zero-order chi connectivity index (χ0) is 24.8. The summed E-state index contributed by atoms with van der Waals surface area (Å²) in [4.78, 5) is 26.1. The average Bonchev–Trinajstić information content (AvgIpc) is 2.90. The van der Waals surface area contributed by atoms with E-state index in [1.807, 2.05) is 30.3 Å². The third-order valence-electron chi connectivity index (χ3n) is 5.36. The SMILES string of the molecule is COc1cc(OC)c(OC)cc1/C=N/NC(=O)c1nn(Cc2ccccc2)c(=O)c2ccccc12. The maximum absolute atomic E-state index is 13.1. The molecule has 0 aliphatic carbocycles. The van der Waals surface area contributed by atoms with E-state index in [0.29, 0.717) is 33.6 Å². The van der Waals surface area contributed by atoms with E-state index in [9.17, 15) is 9.59 Å². The topological polar surface area (TPSA) is 104 Å². The lowest BCUT2D eigenvalue weighted by Crippen LogP contribution is -2.29. The second kappa shape index (κ2) is 10.5. The van der Waals surface area contributed by atoms with Gasteiger partial charge in [0.25, 0.3) is 11.5 Å². The molecular weight excluding hydrogens is 448 g/mol. The lowest BCUT2D eigenvalue weighted by Gasteiger charge is -2.12. The molecule has 1 heterocycles. The average molecular weight is 473 g/mol. The Morgan fingerprint density at radius 2 is 1.54 bits per heavy atom. The largest absolute Gasteiger partial charge is 0.496 e. The highest BCUT2D eigenvalue weighted by Gasteiger charge is 2.17. The Balaban J connectivity index is 1.66. The van der Waals surface area contributed by atoms with Crippen molar-refractivity contribution in [2.75, 3.05) is 21.3 Å². The van der Waals surface area contributed by atoms with Crippen molar-refractivity contribution in [2.24, 2.45) is 5.10 Å². The van der Waals surface area contributed by atoms with Gasteiger partial charge in [-0.05, 0) is 17.7 Å². The lowest BCUT2D eigenvalue weighted by atomic mass is 10.1. The summed E-state index contributed by atoms with van der Waals surface area (Å²) in [6, 6.07) is 19.6. The summed E-state index contributed by atoms with van der Waals surface area (Å²) in [6.07, 6.45) is 1.43. The van der Waals surface area contributed by atoms with Gasteiger partial charge in [0.1, 0.15) is 5.75 Å². The summed E-state index contributed by atoms with van der Waals surface area (Å²) in [7, 11) is 4.57. The molecule has 9 heteroatoms. The minimum atomic E-state index is -0.557. The number of amides is 1. The molecule has 0 aliphatic rings. The Labute approximate surface area is 201 Å². The van der Waals surface area contributed by atoms with E-state index in [4.69, 9.17) is 14.2 Å². The molecule has 0 radical (unpaired) electrons. The Bertz CT molecular complexity index is 1450. The van der Waals surface area contributed by atoms with Crippen LogP contribution >= 0.6 is 0 Å². The summed E-state index contributed by atoms with van der Waals surface area (Å²) >= 11 is 0. The van der Waals surface area contributed by atoms with Crippen molar-refractivity contribution < 1.29 is 19.0 Å². The first kappa shape index (κ1) is 23.5. The van der Waals surface area contributed by atoms with Crippen LogP contribution in [-0.2, 0) is 6.54 Å². The molecule has 0 bridgehead atoms. The molecule has 4 rings (SSSR count). The van der Waals surface area contributed by atoms with Crippen LogP contribution in [0.1, 0.15) is 21.6 Å². The van der Waals surface area contributed by atoms with E-state index in [-0.39, 0.29) is 17.8 Å². The molecule has 0 aliphatic heterocycles. The number of carbonyl (C=O) groups excluding carboxylic acids is 1. The molecule has 0 spiro atoms. The van der Waals surface area contributed by atoms with Gasteiger partial charge < -0.3 is 14.2 Å². The third-order valence-corrected chi connectivity index (χ3v) is 5.36. The molecule has 9 nitrogen and oxygen atoms in total. The number of aromatic nitrogens is 2. The van der Waals surface area contributed by atoms with E-state index in [2.05, 4.69) is 15.6 Å². The van der Waals surface area contributed by atoms with Gasteiger partial charge in [-0.2, -0.15) is 10.2 Å². The van der Waals surface area contributed by atoms with E-state index < -0.39 is 5.91 Å². The van der Waals surface area contributed by atoms with Gasteiger partial charge in [0.05, 0.1) is 39.5 Å². The van der Waals surface area contributed by atoms with Gasteiger partial charge in [-0.25, -0.2) is 10.1 Å². The predicted molar refractivity (Wildman–Crippen MR) is 133 cm³/mol. The van der Waals surface area contributed by atoms with Gasteiger partial charge in [0.15, 0.2) is 17.2 Å². The van der Waals surface area contributed by atoms with E-state index in [1.165, 1.54) is 32.2 Å². The Morgan fingerprint density at radius 3 is 2.23 bits per heavy atom. The quantitative estimate of drug-likeness (QED) is 0.312. The summed E-state index contributed by atoms with van der Waals surface area (Å²) in [5, 5.41) is 9.27. The second-order valence-electron chi connectivity index (χ2n) is 7.49. The van der Waals surface area contributed by atoms with Gasteiger partial charge in [0.2, 0.25) is 0 Å². The number of rotatable bonds is 8. The fraction of sp³-hybridized carbons (Fsp3) is 0.154. The Morgan fingerprint density at radius 1 is 0.914 bits per heavy atom. The molecule has 3 aromatic carbocycles. The van der Waals surface area contributed by atoms with E-state index >= 15 is 0 Å². The van der Waals surface area contributed by atoms with Crippen molar-refractivity contribution in [3.05, 3.63) is 93.9 Å². The van der Waals surface area contributed by atoms with Crippen molar-refractivity contribution in [1.29, 1.82) is 0 Å². The van der Waals surface area contributed by atoms with Crippen LogP contribution in [0.5, 0.6) is 17.2 Å².